The summed E-state index contributed by atoms with van der Waals surface area (Å²) >= 11 is 0. The first-order valence-corrected chi connectivity index (χ1v) is 7.35. The van der Waals surface area contributed by atoms with Crippen molar-refractivity contribution in [2.75, 3.05) is 33.2 Å². The van der Waals surface area contributed by atoms with Crippen molar-refractivity contribution >= 4 is 0 Å². The normalized spacial score (nSPS) is 23.5. The van der Waals surface area contributed by atoms with Crippen LogP contribution in [0.1, 0.15) is 46.0 Å². The maximum atomic E-state index is 6.06. The molecule has 1 saturated heterocycles. The van der Waals surface area contributed by atoms with Crippen LogP contribution in [0, 0.1) is 0 Å². The average molecular weight is 241 g/mol. The van der Waals surface area contributed by atoms with Gasteiger partial charge in [-0.3, -0.25) is 4.90 Å². The van der Waals surface area contributed by atoms with Gasteiger partial charge in [0, 0.05) is 18.6 Å². The number of likely N-dealkylation sites (tertiary alicyclic amines) is 1. The molecule has 3 nitrogen and oxygen atoms in total. The molecule has 0 aromatic carbocycles. The molecule has 1 rings (SSSR count). The zero-order chi connectivity index (χ0) is 12.7. The van der Waals surface area contributed by atoms with Crippen molar-refractivity contribution in [1.82, 2.24) is 9.80 Å². The third kappa shape index (κ3) is 5.36. The summed E-state index contributed by atoms with van der Waals surface area (Å²) in [6, 6.07) is 1.18. The van der Waals surface area contributed by atoms with Gasteiger partial charge in [0.15, 0.2) is 0 Å². The van der Waals surface area contributed by atoms with Gasteiger partial charge in [-0.1, -0.05) is 20.3 Å². The lowest BCUT2D eigenvalue weighted by Crippen LogP contribution is -2.40. The predicted octanol–water partition coefficient (Wildman–Crippen LogP) is 1.92. The van der Waals surface area contributed by atoms with E-state index in [9.17, 15) is 0 Å². The zero-order valence-electron chi connectivity index (χ0n) is 12.0. The third-order valence-electron chi connectivity index (χ3n) is 3.97. The average Bonchev–Trinajstić information content (AvgIpc) is 2.74. The molecule has 0 spiro atoms. The van der Waals surface area contributed by atoms with Gasteiger partial charge in [-0.2, -0.15) is 0 Å². The minimum atomic E-state index is 0.397. The van der Waals surface area contributed by atoms with E-state index in [0.29, 0.717) is 6.04 Å². The molecule has 102 valence electrons. The Bertz CT molecular complexity index is 196. The van der Waals surface area contributed by atoms with Crippen LogP contribution in [0.15, 0.2) is 0 Å². The van der Waals surface area contributed by atoms with Crippen LogP contribution in [0.25, 0.3) is 0 Å². The van der Waals surface area contributed by atoms with E-state index in [2.05, 4.69) is 30.7 Å². The standard InChI is InChI=1S/C14H31N3/c1-4-7-13(15)9-11-16(3)12-14-8-6-10-17(14)5-2/h13-14H,4-12,15H2,1-3H3. The molecule has 0 aromatic heterocycles. The van der Waals surface area contributed by atoms with Gasteiger partial charge in [-0.05, 0) is 52.4 Å². The first-order chi connectivity index (χ1) is 8.17. The Hall–Kier alpha value is -0.120. The quantitative estimate of drug-likeness (QED) is 0.705. The molecule has 3 heteroatoms. The van der Waals surface area contributed by atoms with Crippen LogP contribution >= 0.6 is 0 Å². The molecule has 1 aliphatic rings. The van der Waals surface area contributed by atoms with Gasteiger partial charge in [0.2, 0.25) is 0 Å². The van der Waals surface area contributed by atoms with Gasteiger partial charge in [0.05, 0.1) is 0 Å². The number of hydrogen-bond donors (Lipinski definition) is 1. The van der Waals surface area contributed by atoms with Crippen molar-refractivity contribution in [3.05, 3.63) is 0 Å². The Morgan fingerprint density at radius 1 is 1.35 bits per heavy atom. The molecule has 0 amide bonds. The lowest BCUT2D eigenvalue weighted by Gasteiger charge is -2.28. The summed E-state index contributed by atoms with van der Waals surface area (Å²) in [5.41, 5.74) is 6.06. The Morgan fingerprint density at radius 3 is 2.76 bits per heavy atom. The predicted molar refractivity (Wildman–Crippen MR) is 75.3 cm³/mol. The van der Waals surface area contributed by atoms with Gasteiger partial charge in [-0.15, -0.1) is 0 Å². The van der Waals surface area contributed by atoms with E-state index < -0.39 is 0 Å². The molecular weight excluding hydrogens is 210 g/mol. The van der Waals surface area contributed by atoms with E-state index in [-0.39, 0.29) is 0 Å². The molecule has 2 unspecified atom stereocenters. The molecule has 2 N–H and O–H groups in total. The molecule has 1 aliphatic heterocycles. The van der Waals surface area contributed by atoms with E-state index in [4.69, 9.17) is 5.73 Å². The highest BCUT2D eigenvalue weighted by molar-refractivity contribution is 4.80. The molecule has 1 heterocycles. The highest BCUT2D eigenvalue weighted by Crippen LogP contribution is 2.17. The fourth-order valence-electron chi connectivity index (χ4n) is 2.87. The number of likely N-dealkylation sites (N-methyl/N-ethyl adjacent to an activating group) is 2. The summed E-state index contributed by atoms with van der Waals surface area (Å²) in [5, 5.41) is 0. The fourth-order valence-corrected chi connectivity index (χ4v) is 2.87. The topological polar surface area (TPSA) is 32.5 Å². The van der Waals surface area contributed by atoms with E-state index in [0.717, 1.165) is 19.0 Å². The zero-order valence-corrected chi connectivity index (χ0v) is 12.0. The van der Waals surface area contributed by atoms with Crippen LogP contribution in [-0.2, 0) is 0 Å². The summed E-state index contributed by atoms with van der Waals surface area (Å²) in [5.74, 6) is 0. The first-order valence-electron chi connectivity index (χ1n) is 7.35. The van der Waals surface area contributed by atoms with Crippen LogP contribution in [0.2, 0.25) is 0 Å². The van der Waals surface area contributed by atoms with Crippen LogP contribution in [-0.4, -0.2) is 55.1 Å². The molecule has 2 atom stereocenters. The SMILES string of the molecule is CCCC(N)CCN(C)CC1CCCN1CC. The lowest BCUT2D eigenvalue weighted by atomic mass is 10.1. The van der Waals surface area contributed by atoms with Crippen molar-refractivity contribution in [2.24, 2.45) is 5.73 Å². The Balaban J connectivity index is 2.17. The van der Waals surface area contributed by atoms with Crippen molar-refractivity contribution in [3.8, 4) is 0 Å². The van der Waals surface area contributed by atoms with Crippen molar-refractivity contribution in [3.63, 3.8) is 0 Å². The van der Waals surface area contributed by atoms with E-state index in [1.54, 1.807) is 0 Å². The van der Waals surface area contributed by atoms with Crippen LogP contribution < -0.4 is 5.73 Å². The van der Waals surface area contributed by atoms with Gasteiger partial charge in [0.1, 0.15) is 0 Å². The number of nitrogens with zero attached hydrogens (tertiary/aromatic N) is 2. The van der Waals surface area contributed by atoms with E-state index >= 15 is 0 Å². The van der Waals surface area contributed by atoms with Gasteiger partial charge in [-0.25, -0.2) is 0 Å². The summed E-state index contributed by atoms with van der Waals surface area (Å²) in [6.07, 6.45) is 6.26. The second-order valence-electron chi connectivity index (χ2n) is 5.52. The Morgan fingerprint density at radius 2 is 2.12 bits per heavy atom. The van der Waals surface area contributed by atoms with Crippen LogP contribution in [0.4, 0.5) is 0 Å². The Labute approximate surface area is 107 Å². The van der Waals surface area contributed by atoms with Gasteiger partial charge < -0.3 is 10.6 Å². The molecule has 17 heavy (non-hydrogen) atoms. The van der Waals surface area contributed by atoms with Gasteiger partial charge in [0.25, 0.3) is 0 Å². The number of hydrogen-bond acceptors (Lipinski definition) is 3. The Kier molecular flexibility index (Phi) is 7.09. The first kappa shape index (κ1) is 14.9. The maximum absolute atomic E-state index is 6.06. The molecule has 0 saturated carbocycles. The minimum Gasteiger partial charge on any atom is -0.328 e. The van der Waals surface area contributed by atoms with Crippen molar-refractivity contribution in [1.29, 1.82) is 0 Å². The number of nitrogens with two attached hydrogens (primary N) is 1. The van der Waals surface area contributed by atoms with E-state index in [1.807, 2.05) is 0 Å². The highest BCUT2D eigenvalue weighted by atomic mass is 15.2. The third-order valence-corrected chi connectivity index (χ3v) is 3.97. The van der Waals surface area contributed by atoms with E-state index in [1.165, 1.54) is 45.3 Å². The molecule has 0 aromatic rings. The highest BCUT2D eigenvalue weighted by Gasteiger charge is 2.23. The minimum absolute atomic E-state index is 0.397. The smallest absolute Gasteiger partial charge is 0.0223 e. The number of rotatable bonds is 8. The second kappa shape index (κ2) is 8.06. The summed E-state index contributed by atoms with van der Waals surface area (Å²) in [6.45, 7) is 9.34. The molecule has 1 fully saturated rings. The molecule has 0 bridgehead atoms. The summed E-state index contributed by atoms with van der Waals surface area (Å²) in [4.78, 5) is 5.08. The van der Waals surface area contributed by atoms with Crippen LogP contribution in [0.5, 0.6) is 0 Å². The fraction of sp³-hybridized carbons (Fsp3) is 1.00. The molecular formula is C14H31N3. The lowest BCUT2D eigenvalue weighted by molar-refractivity contribution is 0.195. The molecule has 0 radical (unpaired) electrons. The summed E-state index contributed by atoms with van der Waals surface area (Å²) in [7, 11) is 2.24. The molecule has 0 aliphatic carbocycles. The maximum Gasteiger partial charge on any atom is 0.0223 e. The largest absolute Gasteiger partial charge is 0.328 e. The van der Waals surface area contributed by atoms with Crippen LogP contribution in [0.3, 0.4) is 0 Å². The van der Waals surface area contributed by atoms with Crippen molar-refractivity contribution in [2.45, 2.75) is 58.0 Å². The monoisotopic (exact) mass is 241 g/mol. The summed E-state index contributed by atoms with van der Waals surface area (Å²) < 4.78 is 0. The van der Waals surface area contributed by atoms with Crippen molar-refractivity contribution < 1.29 is 0 Å². The second-order valence-corrected chi connectivity index (χ2v) is 5.52. The van der Waals surface area contributed by atoms with Gasteiger partial charge >= 0.3 is 0 Å².